The summed E-state index contributed by atoms with van der Waals surface area (Å²) in [7, 11) is -1.58. The van der Waals surface area contributed by atoms with Crippen LogP contribution in [0.5, 0.6) is 0 Å². The Kier molecular flexibility index (Phi) is 91.2. The Morgan fingerprint density at radius 2 is 0.304 bits per heavy atom. The summed E-state index contributed by atoms with van der Waals surface area (Å²) >= 11 is 0. The van der Waals surface area contributed by atoms with Gasteiger partial charge in [0.2, 0.25) is 0 Å². The van der Waals surface area contributed by atoms with Crippen LogP contribution in [-0.2, 0) is 57.4 Å². The van der Waals surface area contributed by atoms with E-state index in [4.69, 9.17) is 24.2 Å². The van der Waals surface area contributed by atoms with Crippen LogP contribution in [-0.4, -0.2) is 47.4 Å². The fraction of sp³-hybridized carbons (Fsp3) is 0.938. The minimum atomic E-state index is -1.58. The maximum atomic E-state index is 12.7. The molecule has 2 N–H and O–H groups in total. The average Bonchev–Trinajstić information content (AvgIpc) is 3.72. The summed E-state index contributed by atoms with van der Waals surface area (Å²) in [5.41, 5.74) is 0. The normalized spacial score (nSPS) is 10.9. The Morgan fingerprint density at radius 1 is 0.196 bits per heavy atom. The third-order valence-electron chi connectivity index (χ3n) is 18.1. The van der Waals surface area contributed by atoms with Gasteiger partial charge in [-0.1, -0.05) is 420 Å². The first-order chi connectivity index (χ1) is 44.6. The monoisotopic (exact) mass is 1350 g/mol. The predicted octanol–water partition coefficient (Wildman–Crippen LogP) is 27.1. The molecule has 0 aromatic rings. The first-order valence-corrected chi connectivity index (χ1v) is 40.6. The summed E-state index contributed by atoms with van der Waals surface area (Å²) in [6, 6.07) is 0. The predicted molar refractivity (Wildman–Crippen MR) is 391 cm³/mol. The summed E-state index contributed by atoms with van der Waals surface area (Å²) < 4.78 is 16.2. The molecule has 0 saturated carbocycles. The molecule has 0 atom stereocenters. The van der Waals surface area contributed by atoms with Crippen molar-refractivity contribution >= 4 is 37.2 Å². The van der Waals surface area contributed by atoms with Gasteiger partial charge in [0.05, 0.1) is 0 Å². The second-order valence-electron chi connectivity index (χ2n) is 27.5. The van der Waals surface area contributed by atoms with Crippen LogP contribution in [0.4, 0.5) is 0 Å². The molecule has 0 aliphatic heterocycles. The largest absolute Gasteiger partial charge is 0.870 e. The van der Waals surface area contributed by atoms with Gasteiger partial charge in [-0.3, -0.25) is 24.0 Å². The first-order valence-electron chi connectivity index (χ1n) is 40.6. The molecule has 0 amide bonds. The Morgan fingerprint density at radius 3 is 0.424 bits per heavy atom. The Hall–Kier alpha value is -1.96. The Bertz CT molecular complexity index is 1320. The number of carbonyl (C=O) groups excluding carboxylic acids is 3. The third-order valence-corrected chi connectivity index (χ3v) is 18.1. The molecule has 0 aliphatic carbocycles. The zero-order chi connectivity index (χ0) is 67.1. The average molecular weight is 1360 g/mol. The number of hydrogen-bond acceptors (Lipinski definition) is 8. The van der Waals surface area contributed by atoms with Crippen LogP contribution in [0.2, 0.25) is 0 Å². The zero-order valence-electron chi connectivity index (χ0n) is 62.4. The molecule has 0 saturated heterocycles. The van der Waals surface area contributed by atoms with E-state index in [1.54, 1.807) is 0 Å². The second kappa shape index (κ2) is 87.0. The van der Waals surface area contributed by atoms with Crippen LogP contribution < -0.4 is 0 Å². The van der Waals surface area contributed by atoms with Crippen molar-refractivity contribution in [3.05, 3.63) is 0 Å². The van der Waals surface area contributed by atoms with Gasteiger partial charge in [-0.2, -0.15) is 0 Å². The van der Waals surface area contributed by atoms with Crippen molar-refractivity contribution in [3.8, 4) is 0 Å². The summed E-state index contributed by atoms with van der Waals surface area (Å²) in [4.78, 5) is 58.7. The van der Waals surface area contributed by atoms with Gasteiger partial charge in [-0.25, -0.2) is 0 Å². The summed E-state index contributed by atoms with van der Waals surface area (Å²) in [5.74, 6) is -2.74. The van der Waals surface area contributed by atoms with E-state index >= 15 is 0 Å². The SMILES string of the molecule is CCCCCCCCCCCCCCCC(=O)O.CCCCCCCCCCCCCCCC(=O)O.CCCCCCCCCCCCCCCC(=O)OB(OC(=O)CCCCCCCCCCCCCCC)OC(=O)CCCCCCCCCCCCCCC.[Zn]. The molecule has 10 nitrogen and oxygen atoms in total. The Labute approximate surface area is 585 Å². The van der Waals surface area contributed by atoms with E-state index in [2.05, 4.69) is 34.6 Å². The fourth-order valence-electron chi connectivity index (χ4n) is 12.0. The molecule has 0 radical (unpaired) electrons. The summed E-state index contributed by atoms with van der Waals surface area (Å²) in [6.07, 6.45) is 83.3. The molecule has 542 valence electrons. The number of aliphatic carboxylic acids is 2. The van der Waals surface area contributed by atoms with Gasteiger partial charge in [-0.05, 0) is 32.1 Å². The molecule has 0 aromatic heterocycles. The van der Waals surface area contributed by atoms with Gasteiger partial charge in [0, 0.05) is 51.6 Å². The molecule has 0 fully saturated rings. The van der Waals surface area contributed by atoms with Crippen molar-refractivity contribution in [1.29, 1.82) is 0 Å². The van der Waals surface area contributed by atoms with Crippen molar-refractivity contribution in [2.45, 2.75) is 484 Å². The number of rotatable bonds is 73. The molecule has 0 unspecified atom stereocenters. The van der Waals surface area contributed by atoms with Gasteiger partial charge in [0.1, 0.15) is 0 Å². The first kappa shape index (κ1) is 96.4. The number of carbonyl (C=O) groups is 5. The van der Waals surface area contributed by atoms with Crippen LogP contribution in [0, 0.1) is 0 Å². The number of carboxylic acid groups (broad SMARTS) is 2. The van der Waals surface area contributed by atoms with E-state index in [9.17, 15) is 24.0 Å². The van der Waals surface area contributed by atoms with Crippen molar-refractivity contribution in [2.24, 2.45) is 0 Å². The molecule has 0 rings (SSSR count). The van der Waals surface area contributed by atoms with E-state index in [-0.39, 0.29) is 38.7 Å². The molecular formula is C80H157BO10Zn. The molecule has 0 heterocycles. The number of hydrogen-bond donors (Lipinski definition) is 2. The van der Waals surface area contributed by atoms with Crippen molar-refractivity contribution in [2.75, 3.05) is 0 Å². The quantitative estimate of drug-likeness (QED) is 0.0444. The van der Waals surface area contributed by atoms with Gasteiger partial charge in [0.15, 0.2) is 0 Å². The fourth-order valence-corrected chi connectivity index (χ4v) is 12.0. The molecule has 0 aromatic carbocycles. The van der Waals surface area contributed by atoms with E-state index in [1.807, 2.05) is 0 Å². The van der Waals surface area contributed by atoms with Gasteiger partial charge in [-0.15, -0.1) is 0 Å². The molecule has 0 spiro atoms. The standard InChI is InChI=1S/C48H93BO6.2C16H32O2.Zn/c1-4-7-10-13-16-19-22-25-28-31-34-37-40-43-46(50)53-49(54-47(51)44-41-38-35-32-29-26-23-20-17-14-11-8-5-2)55-48(52)45-42-39-36-33-30-27-24-21-18-15-12-9-6-3;2*1-2-3-4-5-6-7-8-9-10-11-12-13-14-15-16(17)18;/h4-45H2,1-3H3;2*2-15H2,1H3,(H,17,18);. The molecular weight excluding hydrogens is 1200 g/mol. The van der Waals surface area contributed by atoms with E-state index in [0.717, 1.165) is 83.5 Å². The van der Waals surface area contributed by atoms with Gasteiger partial charge < -0.3 is 24.2 Å². The van der Waals surface area contributed by atoms with Crippen LogP contribution >= 0.6 is 0 Å². The maximum Gasteiger partial charge on any atom is 0.870 e. The van der Waals surface area contributed by atoms with Crippen LogP contribution in [0.3, 0.4) is 0 Å². The summed E-state index contributed by atoms with van der Waals surface area (Å²) in [5, 5.41) is 17.0. The summed E-state index contributed by atoms with van der Waals surface area (Å²) in [6.45, 7) is 11.3. The molecule has 12 heteroatoms. The van der Waals surface area contributed by atoms with Crippen LogP contribution in [0.1, 0.15) is 484 Å². The maximum absolute atomic E-state index is 12.7. The zero-order valence-corrected chi connectivity index (χ0v) is 65.4. The molecule has 0 bridgehead atoms. The van der Waals surface area contributed by atoms with E-state index in [1.165, 1.54) is 334 Å². The van der Waals surface area contributed by atoms with Crippen molar-refractivity contribution in [1.82, 2.24) is 0 Å². The van der Waals surface area contributed by atoms with Crippen molar-refractivity contribution in [3.63, 3.8) is 0 Å². The van der Waals surface area contributed by atoms with Gasteiger partial charge in [0.25, 0.3) is 17.9 Å². The van der Waals surface area contributed by atoms with Crippen molar-refractivity contribution < 1.29 is 67.6 Å². The smallest absolute Gasteiger partial charge is 0.481 e. The van der Waals surface area contributed by atoms with Gasteiger partial charge >= 0.3 is 19.3 Å². The van der Waals surface area contributed by atoms with Crippen LogP contribution in [0.25, 0.3) is 0 Å². The van der Waals surface area contributed by atoms with E-state index in [0.29, 0.717) is 12.8 Å². The van der Waals surface area contributed by atoms with E-state index < -0.39 is 37.2 Å². The minimum absolute atomic E-state index is 0. The topological polar surface area (TPSA) is 153 Å². The number of unbranched alkanes of at least 4 members (excludes halogenated alkanes) is 60. The van der Waals surface area contributed by atoms with Crippen LogP contribution in [0.15, 0.2) is 0 Å². The number of carboxylic acids is 2. The molecule has 92 heavy (non-hydrogen) atoms. The third kappa shape index (κ3) is 92.2. The minimum Gasteiger partial charge on any atom is -0.481 e. The molecule has 0 aliphatic rings. The Balaban J connectivity index is -0.000000844. The second-order valence-corrected chi connectivity index (χ2v) is 27.5.